The van der Waals surface area contributed by atoms with E-state index in [-0.39, 0.29) is 0 Å². The van der Waals surface area contributed by atoms with Gasteiger partial charge in [0.2, 0.25) is 0 Å². The minimum absolute atomic E-state index is 1.06. The molecule has 1 heteroatoms. The van der Waals surface area contributed by atoms with Gasteiger partial charge >= 0.3 is 0 Å². The Morgan fingerprint density at radius 1 is 0.923 bits per heavy atom. The molecule has 4 rings (SSSR count). The molecule has 198 valence electrons. The first-order chi connectivity index (χ1) is 18.8. The van der Waals surface area contributed by atoms with Crippen molar-refractivity contribution in [2.45, 2.75) is 54.4 Å². The molecule has 0 spiro atoms. The normalized spacial score (nSPS) is 14.3. The molecule has 1 aliphatic carbocycles. The van der Waals surface area contributed by atoms with Crippen LogP contribution in [0.25, 0.3) is 23.3 Å². The fourth-order valence-corrected chi connectivity index (χ4v) is 5.13. The molecule has 1 nitrogen and oxygen atoms in total. The first-order valence-corrected chi connectivity index (χ1v) is 13.9. The molecule has 0 heterocycles. The Morgan fingerprint density at radius 2 is 1.72 bits per heavy atom. The van der Waals surface area contributed by atoms with Gasteiger partial charge < -0.3 is 5.32 Å². The van der Waals surface area contributed by atoms with Crippen molar-refractivity contribution in [3.8, 4) is 0 Å². The van der Waals surface area contributed by atoms with Gasteiger partial charge in [0.25, 0.3) is 0 Å². The van der Waals surface area contributed by atoms with E-state index in [1.54, 1.807) is 0 Å². The quantitative estimate of drug-likeness (QED) is 0.234. The lowest BCUT2D eigenvalue weighted by Crippen LogP contribution is -2.03. The SMILES string of the molecule is C=C(C)/C(C)=C(/C)C(=Cc1c(N/C=C(\C=C/C)c2cccc(C)c2)ccc2c1C=CCC2)c1ccccc1C. The summed E-state index contributed by atoms with van der Waals surface area (Å²) in [6.07, 6.45) is 15.5. The van der Waals surface area contributed by atoms with Gasteiger partial charge in [0.15, 0.2) is 0 Å². The molecule has 0 radical (unpaired) electrons. The van der Waals surface area contributed by atoms with Crippen LogP contribution in [0.2, 0.25) is 0 Å². The Bertz CT molecular complexity index is 1530. The van der Waals surface area contributed by atoms with Crippen molar-refractivity contribution in [1.29, 1.82) is 0 Å². The van der Waals surface area contributed by atoms with Gasteiger partial charge in [-0.3, -0.25) is 0 Å². The summed E-state index contributed by atoms with van der Waals surface area (Å²) in [7, 11) is 0. The number of anilines is 1. The van der Waals surface area contributed by atoms with E-state index in [1.807, 2.05) is 0 Å². The van der Waals surface area contributed by atoms with Gasteiger partial charge in [-0.25, -0.2) is 0 Å². The first-order valence-electron chi connectivity index (χ1n) is 13.9. The molecule has 1 aliphatic rings. The number of fused-ring (bicyclic) bond motifs is 1. The number of nitrogens with one attached hydrogen (secondary N) is 1. The van der Waals surface area contributed by atoms with Crippen LogP contribution in [0.4, 0.5) is 5.69 Å². The summed E-state index contributed by atoms with van der Waals surface area (Å²) in [5.74, 6) is 0. The smallest absolute Gasteiger partial charge is 0.0460 e. The molecular formula is C38H41N. The van der Waals surface area contributed by atoms with Gasteiger partial charge in [0, 0.05) is 17.5 Å². The third-order valence-electron chi connectivity index (χ3n) is 7.65. The molecule has 0 amide bonds. The van der Waals surface area contributed by atoms with Gasteiger partial charge in [-0.2, -0.15) is 0 Å². The van der Waals surface area contributed by atoms with Crippen molar-refractivity contribution in [1.82, 2.24) is 0 Å². The molecule has 0 aromatic heterocycles. The Kier molecular flexibility index (Phi) is 9.04. The highest BCUT2D eigenvalue weighted by Crippen LogP contribution is 2.37. The molecule has 0 fully saturated rings. The maximum absolute atomic E-state index is 4.25. The second-order valence-electron chi connectivity index (χ2n) is 10.6. The highest BCUT2D eigenvalue weighted by molar-refractivity contribution is 5.97. The van der Waals surface area contributed by atoms with Crippen LogP contribution in [0.1, 0.15) is 73.1 Å². The minimum atomic E-state index is 1.06. The van der Waals surface area contributed by atoms with E-state index in [2.05, 4.69) is 151 Å². The van der Waals surface area contributed by atoms with Crippen LogP contribution < -0.4 is 5.32 Å². The predicted molar refractivity (Wildman–Crippen MR) is 174 cm³/mol. The first kappa shape index (κ1) is 27.9. The maximum Gasteiger partial charge on any atom is 0.0460 e. The summed E-state index contributed by atoms with van der Waals surface area (Å²) >= 11 is 0. The number of hydrogen-bond donors (Lipinski definition) is 1. The summed E-state index contributed by atoms with van der Waals surface area (Å²) in [6.45, 7) is 17.1. The third kappa shape index (κ3) is 6.49. The summed E-state index contributed by atoms with van der Waals surface area (Å²) in [4.78, 5) is 0. The van der Waals surface area contributed by atoms with Crippen molar-refractivity contribution in [3.05, 3.63) is 147 Å². The Balaban J connectivity index is 1.94. The number of allylic oxidation sites excluding steroid dienone is 8. The molecule has 39 heavy (non-hydrogen) atoms. The molecule has 0 saturated heterocycles. The van der Waals surface area contributed by atoms with Crippen molar-refractivity contribution in [3.63, 3.8) is 0 Å². The number of benzene rings is 3. The Hall–Kier alpha value is -4.10. The Morgan fingerprint density at radius 3 is 2.44 bits per heavy atom. The lowest BCUT2D eigenvalue weighted by molar-refractivity contribution is 0.985. The van der Waals surface area contributed by atoms with Gasteiger partial charge in [-0.15, -0.1) is 0 Å². The van der Waals surface area contributed by atoms with E-state index in [9.17, 15) is 0 Å². The van der Waals surface area contributed by atoms with Crippen molar-refractivity contribution < 1.29 is 0 Å². The predicted octanol–water partition coefficient (Wildman–Crippen LogP) is 10.7. The van der Waals surface area contributed by atoms with E-state index in [0.29, 0.717) is 0 Å². The van der Waals surface area contributed by atoms with Gasteiger partial charge in [0.1, 0.15) is 0 Å². The third-order valence-corrected chi connectivity index (χ3v) is 7.65. The van der Waals surface area contributed by atoms with E-state index in [4.69, 9.17) is 0 Å². The molecule has 0 atom stereocenters. The number of hydrogen-bond acceptors (Lipinski definition) is 1. The van der Waals surface area contributed by atoms with Crippen LogP contribution >= 0.6 is 0 Å². The summed E-state index contributed by atoms with van der Waals surface area (Å²) in [5.41, 5.74) is 16.0. The molecule has 3 aromatic carbocycles. The van der Waals surface area contributed by atoms with Crippen molar-refractivity contribution in [2.24, 2.45) is 0 Å². The fraction of sp³-hybridized carbons (Fsp3) is 0.211. The van der Waals surface area contributed by atoms with Crippen LogP contribution in [0.3, 0.4) is 0 Å². The molecule has 0 saturated carbocycles. The zero-order chi connectivity index (χ0) is 27.9. The molecular weight excluding hydrogens is 470 g/mol. The topological polar surface area (TPSA) is 12.0 Å². The molecule has 0 aliphatic heterocycles. The van der Waals surface area contributed by atoms with E-state index in [1.165, 1.54) is 55.7 Å². The standard InChI is InChI=1S/C38H41N/c1-8-14-33(32-18-13-15-27(4)23-32)25-39-38-22-21-31-17-10-12-20-35(31)37(38)24-36(30(7)29(6)26(2)3)34-19-11-9-16-28(34)5/h8-9,11-16,18-25,39H,2,10,17H2,1,3-7H3/b14-8-,30-29-,33-25+,36-24?. The van der Waals surface area contributed by atoms with Crippen LogP contribution in [0, 0.1) is 13.8 Å². The molecule has 1 N–H and O–H groups in total. The van der Waals surface area contributed by atoms with Gasteiger partial charge in [-0.05, 0) is 117 Å². The van der Waals surface area contributed by atoms with Crippen LogP contribution in [-0.4, -0.2) is 0 Å². The van der Waals surface area contributed by atoms with E-state index >= 15 is 0 Å². The zero-order valence-electron chi connectivity index (χ0n) is 24.4. The maximum atomic E-state index is 4.25. The lowest BCUT2D eigenvalue weighted by Gasteiger charge is -2.20. The second-order valence-corrected chi connectivity index (χ2v) is 10.6. The number of aryl methyl sites for hydroxylation is 3. The molecule has 3 aromatic rings. The van der Waals surface area contributed by atoms with Gasteiger partial charge in [-0.1, -0.05) is 96.6 Å². The van der Waals surface area contributed by atoms with Crippen LogP contribution in [0.5, 0.6) is 0 Å². The molecule has 0 bridgehead atoms. The highest BCUT2D eigenvalue weighted by Gasteiger charge is 2.16. The van der Waals surface area contributed by atoms with Crippen LogP contribution in [0.15, 0.2) is 108 Å². The summed E-state index contributed by atoms with van der Waals surface area (Å²) in [6, 6.07) is 21.8. The largest absolute Gasteiger partial charge is 0.361 e. The van der Waals surface area contributed by atoms with Gasteiger partial charge in [0.05, 0.1) is 0 Å². The second kappa shape index (κ2) is 12.6. The fourth-order valence-electron chi connectivity index (χ4n) is 5.13. The average Bonchev–Trinajstić information content (AvgIpc) is 2.94. The average molecular weight is 512 g/mol. The number of rotatable bonds is 8. The molecule has 0 unspecified atom stereocenters. The van der Waals surface area contributed by atoms with E-state index < -0.39 is 0 Å². The summed E-state index contributed by atoms with van der Waals surface area (Å²) < 4.78 is 0. The van der Waals surface area contributed by atoms with Crippen molar-refractivity contribution in [2.75, 3.05) is 5.32 Å². The summed E-state index contributed by atoms with van der Waals surface area (Å²) in [5, 5.41) is 3.70. The lowest BCUT2D eigenvalue weighted by atomic mass is 9.86. The zero-order valence-corrected chi connectivity index (χ0v) is 24.4. The highest BCUT2D eigenvalue weighted by atomic mass is 14.8. The van der Waals surface area contributed by atoms with Crippen molar-refractivity contribution >= 4 is 29.0 Å². The van der Waals surface area contributed by atoms with Crippen LogP contribution in [-0.2, 0) is 6.42 Å². The van der Waals surface area contributed by atoms with E-state index in [0.717, 1.165) is 29.7 Å². The minimum Gasteiger partial charge on any atom is -0.361 e. The Labute approximate surface area is 235 Å². The monoisotopic (exact) mass is 511 g/mol.